The lowest BCUT2D eigenvalue weighted by Gasteiger charge is -2.30. The summed E-state index contributed by atoms with van der Waals surface area (Å²) in [5.74, 6) is -0.256. The molecule has 0 unspecified atom stereocenters. The molecule has 0 spiro atoms. The SMILES string of the molecule is O=C(NC[C@@H](O)CN1CCc2ccccc2C1)c1ccccn1. The third kappa shape index (κ3) is 4.15. The van der Waals surface area contributed by atoms with Crippen molar-refractivity contribution in [3.63, 3.8) is 0 Å². The van der Waals surface area contributed by atoms with Crippen LogP contribution in [0.1, 0.15) is 21.6 Å². The number of benzene rings is 1. The normalized spacial score (nSPS) is 15.7. The molecule has 1 amide bonds. The number of pyridine rings is 1. The van der Waals surface area contributed by atoms with Crippen molar-refractivity contribution < 1.29 is 9.90 Å². The van der Waals surface area contributed by atoms with Gasteiger partial charge >= 0.3 is 0 Å². The van der Waals surface area contributed by atoms with Gasteiger partial charge in [-0.05, 0) is 29.7 Å². The maximum Gasteiger partial charge on any atom is 0.269 e. The smallest absolute Gasteiger partial charge is 0.269 e. The van der Waals surface area contributed by atoms with Crippen LogP contribution in [0.4, 0.5) is 0 Å². The summed E-state index contributed by atoms with van der Waals surface area (Å²) in [5, 5.41) is 12.9. The summed E-state index contributed by atoms with van der Waals surface area (Å²) in [6.07, 6.45) is 1.99. The van der Waals surface area contributed by atoms with E-state index in [1.807, 2.05) is 6.07 Å². The summed E-state index contributed by atoms with van der Waals surface area (Å²) < 4.78 is 0. The Balaban J connectivity index is 1.47. The molecule has 1 aromatic heterocycles. The molecule has 1 atom stereocenters. The highest BCUT2D eigenvalue weighted by atomic mass is 16.3. The van der Waals surface area contributed by atoms with Gasteiger partial charge in [-0.1, -0.05) is 30.3 Å². The van der Waals surface area contributed by atoms with E-state index in [-0.39, 0.29) is 12.5 Å². The second-order valence-electron chi connectivity index (χ2n) is 5.83. The Bertz CT molecular complexity index is 660. The molecule has 0 fully saturated rings. The molecule has 1 aromatic carbocycles. The van der Waals surface area contributed by atoms with E-state index >= 15 is 0 Å². The van der Waals surface area contributed by atoms with Crippen molar-refractivity contribution in [3.8, 4) is 0 Å². The van der Waals surface area contributed by atoms with Crippen molar-refractivity contribution in [2.45, 2.75) is 19.1 Å². The molecule has 1 aliphatic rings. The van der Waals surface area contributed by atoms with E-state index in [4.69, 9.17) is 0 Å². The number of nitrogens with zero attached hydrogens (tertiary/aromatic N) is 2. The van der Waals surface area contributed by atoms with Crippen molar-refractivity contribution >= 4 is 5.91 Å². The number of hydrogen-bond acceptors (Lipinski definition) is 4. The van der Waals surface area contributed by atoms with E-state index in [1.54, 1.807) is 24.4 Å². The summed E-state index contributed by atoms with van der Waals surface area (Å²) in [5.41, 5.74) is 3.08. The van der Waals surface area contributed by atoms with Gasteiger partial charge in [0.2, 0.25) is 0 Å². The largest absolute Gasteiger partial charge is 0.390 e. The number of amides is 1. The summed E-state index contributed by atoms with van der Waals surface area (Å²) in [4.78, 5) is 18.1. The second-order valence-corrected chi connectivity index (χ2v) is 5.83. The van der Waals surface area contributed by atoms with Crippen LogP contribution in [-0.4, -0.2) is 46.6 Å². The van der Waals surface area contributed by atoms with E-state index < -0.39 is 6.10 Å². The Morgan fingerprint density at radius 1 is 1.22 bits per heavy atom. The topological polar surface area (TPSA) is 65.5 Å². The van der Waals surface area contributed by atoms with Gasteiger partial charge < -0.3 is 10.4 Å². The molecule has 2 N–H and O–H groups in total. The van der Waals surface area contributed by atoms with Crippen LogP contribution in [-0.2, 0) is 13.0 Å². The van der Waals surface area contributed by atoms with Gasteiger partial charge in [-0.25, -0.2) is 0 Å². The fraction of sp³-hybridized carbons (Fsp3) is 0.333. The number of aliphatic hydroxyl groups is 1. The Morgan fingerprint density at radius 2 is 2.00 bits per heavy atom. The first-order chi connectivity index (χ1) is 11.2. The molecule has 1 aliphatic heterocycles. The van der Waals surface area contributed by atoms with Crippen LogP contribution < -0.4 is 5.32 Å². The lowest BCUT2D eigenvalue weighted by molar-refractivity contribution is 0.0838. The van der Waals surface area contributed by atoms with E-state index in [1.165, 1.54) is 11.1 Å². The Morgan fingerprint density at radius 3 is 2.78 bits per heavy atom. The number of carbonyl (C=O) groups is 1. The first kappa shape index (κ1) is 15.6. The van der Waals surface area contributed by atoms with E-state index in [0.29, 0.717) is 12.2 Å². The fourth-order valence-electron chi connectivity index (χ4n) is 2.87. The summed E-state index contributed by atoms with van der Waals surface area (Å²) in [7, 11) is 0. The first-order valence-corrected chi connectivity index (χ1v) is 7.89. The molecule has 0 saturated heterocycles. The zero-order chi connectivity index (χ0) is 16.1. The molecular weight excluding hydrogens is 290 g/mol. The monoisotopic (exact) mass is 311 g/mol. The zero-order valence-electron chi connectivity index (χ0n) is 13.0. The fourth-order valence-corrected chi connectivity index (χ4v) is 2.87. The lowest BCUT2D eigenvalue weighted by Crippen LogP contribution is -2.42. The molecule has 0 saturated carbocycles. The van der Waals surface area contributed by atoms with Gasteiger partial charge in [-0.3, -0.25) is 14.7 Å². The number of hydrogen-bond donors (Lipinski definition) is 2. The number of nitrogens with one attached hydrogen (secondary N) is 1. The third-order valence-electron chi connectivity index (χ3n) is 4.07. The Labute approximate surface area is 136 Å². The van der Waals surface area contributed by atoms with Crippen molar-refractivity contribution in [2.24, 2.45) is 0 Å². The van der Waals surface area contributed by atoms with Crippen molar-refractivity contribution in [3.05, 3.63) is 65.5 Å². The highest BCUT2D eigenvalue weighted by Crippen LogP contribution is 2.18. The highest BCUT2D eigenvalue weighted by Gasteiger charge is 2.18. The van der Waals surface area contributed by atoms with Gasteiger partial charge in [0.1, 0.15) is 5.69 Å². The molecule has 2 aromatic rings. The van der Waals surface area contributed by atoms with E-state index in [0.717, 1.165) is 19.5 Å². The highest BCUT2D eigenvalue weighted by molar-refractivity contribution is 5.92. The predicted molar refractivity (Wildman–Crippen MR) is 88.0 cm³/mol. The van der Waals surface area contributed by atoms with Crippen LogP contribution >= 0.6 is 0 Å². The summed E-state index contributed by atoms with van der Waals surface area (Å²) in [6.45, 7) is 2.56. The summed E-state index contributed by atoms with van der Waals surface area (Å²) >= 11 is 0. The molecule has 2 heterocycles. The van der Waals surface area contributed by atoms with Gasteiger partial charge in [0.25, 0.3) is 5.91 Å². The molecule has 5 heteroatoms. The molecule has 0 radical (unpaired) electrons. The number of aliphatic hydroxyl groups excluding tert-OH is 1. The van der Waals surface area contributed by atoms with E-state index in [9.17, 15) is 9.90 Å². The third-order valence-corrected chi connectivity index (χ3v) is 4.07. The average Bonchev–Trinajstić information content (AvgIpc) is 2.60. The minimum Gasteiger partial charge on any atom is -0.390 e. The minimum atomic E-state index is -0.590. The number of aromatic nitrogens is 1. The molecule has 120 valence electrons. The number of fused-ring (bicyclic) bond motifs is 1. The van der Waals surface area contributed by atoms with Crippen molar-refractivity contribution in [2.75, 3.05) is 19.6 Å². The number of carbonyl (C=O) groups excluding carboxylic acids is 1. The number of β-amino-alcohol motifs (C(OH)–C–C–N with tert-alkyl or cyclic N) is 1. The zero-order valence-corrected chi connectivity index (χ0v) is 13.0. The van der Waals surface area contributed by atoms with Crippen LogP contribution in [0.15, 0.2) is 48.7 Å². The molecule has 23 heavy (non-hydrogen) atoms. The molecule has 5 nitrogen and oxygen atoms in total. The van der Waals surface area contributed by atoms with Gasteiger partial charge in [0, 0.05) is 32.4 Å². The molecular formula is C18H21N3O2. The van der Waals surface area contributed by atoms with Gasteiger partial charge in [0.05, 0.1) is 6.10 Å². The Kier molecular flexibility index (Phi) is 5.00. The first-order valence-electron chi connectivity index (χ1n) is 7.89. The van der Waals surface area contributed by atoms with Crippen LogP contribution in [0.25, 0.3) is 0 Å². The summed E-state index contributed by atoms with van der Waals surface area (Å²) in [6, 6.07) is 13.6. The van der Waals surface area contributed by atoms with Crippen LogP contribution in [0.5, 0.6) is 0 Å². The maximum absolute atomic E-state index is 11.9. The van der Waals surface area contributed by atoms with Gasteiger partial charge in [-0.2, -0.15) is 0 Å². The quantitative estimate of drug-likeness (QED) is 0.872. The lowest BCUT2D eigenvalue weighted by atomic mass is 10.00. The van der Waals surface area contributed by atoms with Crippen LogP contribution in [0.3, 0.4) is 0 Å². The van der Waals surface area contributed by atoms with Gasteiger partial charge in [0.15, 0.2) is 0 Å². The van der Waals surface area contributed by atoms with E-state index in [2.05, 4.69) is 33.4 Å². The molecule has 0 bridgehead atoms. The van der Waals surface area contributed by atoms with Crippen molar-refractivity contribution in [1.29, 1.82) is 0 Å². The second kappa shape index (κ2) is 7.35. The molecule has 0 aliphatic carbocycles. The van der Waals surface area contributed by atoms with Crippen molar-refractivity contribution in [1.82, 2.24) is 15.2 Å². The van der Waals surface area contributed by atoms with Crippen LogP contribution in [0.2, 0.25) is 0 Å². The standard InChI is InChI=1S/C18H21N3O2/c22-16(11-20-18(23)17-7-3-4-9-19-17)13-21-10-8-14-5-1-2-6-15(14)12-21/h1-7,9,16,22H,8,10-13H2,(H,20,23)/t16-/m1/s1. The number of rotatable bonds is 5. The average molecular weight is 311 g/mol. The maximum atomic E-state index is 11.9. The Hall–Kier alpha value is -2.24. The van der Waals surface area contributed by atoms with Crippen LogP contribution in [0, 0.1) is 0 Å². The minimum absolute atomic E-state index is 0.230. The van der Waals surface area contributed by atoms with Gasteiger partial charge in [-0.15, -0.1) is 0 Å². The molecule has 3 rings (SSSR count). The predicted octanol–water partition coefficient (Wildman–Crippen LogP) is 1.23.